The van der Waals surface area contributed by atoms with E-state index in [1.807, 2.05) is 60.7 Å². The molecular weight excluding hydrogens is 267 g/mol. The fourth-order valence-electron chi connectivity index (χ4n) is 1.93. The molecular formula is C15H14Cl2O. The van der Waals surface area contributed by atoms with Crippen molar-refractivity contribution in [3.05, 3.63) is 71.8 Å². The summed E-state index contributed by atoms with van der Waals surface area (Å²) in [5, 5.41) is 0. The molecule has 0 saturated carbocycles. The Bertz CT molecular complexity index is 482. The summed E-state index contributed by atoms with van der Waals surface area (Å²) in [6, 6.07) is 19.3. The van der Waals surface area contributed by atoms with Crippen molar-refractivity contribution in [2.24, 2.45) is 0 Å². The first-order chi connectivity index (χ1) is 8.66. The van der Waals surface area contributed by atoms with E-state index >= 15 is 0 Å². The molecule has 2 aromatic rings. The highest BCUT2D eigenvalue weighted by molar-refractivity contribution is 6.48. The first-order valence-electron chi connectivity index (χ1n) is 5.67. The van der Waals surface area contributed by atoms with Crippen molar-refractivity contribution in [1.29, 1.82) is 0 Å². The summed E-state index contributed by atoms with van der Waals surface area (Å²) in [5.74, 6) is 0. The van der Waals surface area contributed by atoms with Crippen molar-refractivity contribution in [2.75, 3.05) is 7.11 Å². The second-order valence-corrected chi connectivity index (χ2v) is 5.40. The Balaban J connectivity index is 2.38. The van der Waals surface area contributed by atoms with Crippen molar-refractivity contribution in [1.82, 2.24) is 0 Å². The zero-order valence-corrected chi connectivity index (χ0v) is 11.5. The first kappa shape index (κ1) is 13.4. The molecule has 0 saturated heterocycles. The van der Waals surface area contributed by atoms with Gasteiger partial charge in [-0.3, -0.25) is 0 Å². The minimum Gasteiger partial charge on any atom is -0.373 e. The van der Waals surface area contributed by atoms with Gasteiger partial charge in [0.2, 0.25) is 0 Å². The van der Waals surface area contributed by atoms with Crippen LogP contribution in [0.25, 0.3) is 0 Å². The molecule has 0 spiro atoms. The molecule has 0 amide bonds. The molecule has 2 aromatic carbocycles. The van der Waals surface area contributed by atoms with E-state index in [1.54, 1.807) is 7.11 Å². The van der Waals surface area contributed by atoms with Crippen LogP contribution in [0.4, 0.5) is 0 Å². The summed E-state index contributed by atoms with van der Waals surface area (Å²) in [7, 11) is 1.61. The number of benzene rings is 2. The zero-order valence-electron chi connectivity index (χ0n) is 10.0. The molecule has 0 heterocycles. The Labute approximate surface area is 117 Å². The molecule has 0 radical (unpaired) electrons. The number of hydrogen-bond donors (Lipinski definition) is 0. The Kier molecular flexibility index (Phi) is 4.28. The third-order valence-corrected chi connectivity index (χ3v) is 3.66. The van der Waals surface area contributed by atoms with Crippen molar-refractivity contribution in [3.8, 4) is 0 Å². The molecule has 1 atom stereocenters. The van der Waals surface area contributed by atoms with E-state index in [9.17, 15) is 0 Å². The maximum absolute atomic E-state index is 6.50. The summed E-state index contributed by atoms with van der Waals surface area (Å²) in [5.41, 5.74) is 1.78. The molecule has 1 nitrogen and oxygen atoms in total. The largest absolute Gasteiger partial charge is 0.373 e. The maximum atomic E-state index is 6.50. The molecule has 0 aromatic heterocycles. The van der Waals surface area contributed by atoms with Crippen LogP contribution in [0.2, 0.25) is 0 Å². The Hall–Kier alpha value is -1.02. The Morgan fingerprint density at radius 3 is 1.89 bits per heavy atom. The number of alkyl halides is 2. The topological polar surface area (TPSA) is 9.23 Å². The van der Waals surface area contributed by atoms with Crippen LogP contribution < -0.4 is 0 Å². The maximum Gasteiger partial charge on any atom is 0.173 e. The van der Waals surface area contributed by atoms with Crippen LogP contribution in [-0.4, -0.2) is 7.11 Å². The monoisotopic (exact) mass is 280 g/mol. The highest BCUT2D eigenvalue weighted by Crippen LogP contribution is 2.46. The molecule has 3 heteroatoms. The molecule has 0 N–H and O–H groups in total. The van der Waals surface area contributed by atoms with Crippen molar-refractivity contribution in [3.63, 3.8) is 0 Å². The van der Waals surface area contributed by atoms with E-state index in [0.717, 1.165) is 11.1 Å². The van der Waals surface area contributed by atoms with Gasteiger partial charge in [-0.2, -0.15) is 0 Å². The summed E-state index contributed by atoms with van der Waals surface area (Å²) >= 11 is 13.0. The fourth-order valence-corrected chi connectivity index (χ4v) is 2.62. The lowest BCUT2D eigenvalue weighted by Gasteiger charge is -2.29. The SMILES string of the molecule is COC(c1ccccc1)C(Cl)(Cl)c1ccccc1. The summed E-state index contributed by atoms with van der Waals surface area (Å²) in [6.45, 7) is 0. The average molecular weight is 281 g/mol. The van der Waals surface area contributed by atoms with E-state index in [-0.39, 0.29) is 0 Å². The second kappa shape index (κ2) is 5.75. The molecule has 1 unspecified atom stereocenters. The van der Waals surface area contributed by atoms with E-state index in [2.05, 4.69) is 0 Å². The summed E-state index contributed by atoms with van der Waals surface area (Å²) in [6.07, 6.45) is -0.413. The van der Waals surface area contributed by atoms with E-state index in [0.29, 0.717) is 0 Å². The molecule has 0 aliphatic heterocycles. The smallest absolute Gasteiger partial charge is 0.173 e. The van der Waals surface area contributed by atoms with E-state index in [4.69, 9.17) is 27.9 Å². The van der Waals surface area contributed by atoms with Gasteiger partial charge in [0.05, 0.1) is 0 Å². The van der Waals surface area contributed by atoms with Crippen LogP contribution in [0.15, 0.2) is 60.7 Å². The van der Waals surface area contributed by atoms with Gasteiger partial charge in [-0.15, -0.1) is 0 Å². The van der Waals surface area contributed by atoms with Gasteiger partial charge in [0.1, 0.15) is 6.10 Å². The van der Waals surface area contributed by atoms with Crippen LogP contribution in [0.1, 0.15) is 17.2 Å². The second-order valence-electron chi connectivity index (χ2n) is 4.02. The third kappa shape index (κ3) is 2.69. The van der Waals surface area contributed by atoms with Gasteiger partial charge in [-0.05, 0) is 11.1 Å². The van der Waals surface area contributed by atoms with Gasteiger partial charge >= 0.3 is 0 Å². The number of methoxy groups -OCH3 is 1. The van der Waals surface area contributed by atoms with E-state index < -0.39 is 10.4 Å². The first-order valence-corrected chi connectivity index (χ1v) is 6.43. The quantitative estimate of drug-likeness (QED) is 0.738. The fraction of sp³-hybridized carbons (Fsp3) is 0.200. The lowest BCUT2D eigenvalue weighted by Crippen LogP contribution is -2.23. The van der Waals surface area contributed by atoms with Crippen LogP contribution in [0.3, 0.4) is 0 Å². The highest BCUT2D eigenvalue weighted by Gasteiger charge is 2.37. The molecule has 94 valence electrons. The van der Waals surface area contributed by atoms with Gasteiger partial charge in [0.25, 0.3) is 0 Å². The normalized spacial score (nSPS) is 13.3. The van der Waals surface area contributed by atoms with E-state index in [1.165, 1.54) is 0 Å². The van der Waals surface area contributed by atoms with Crippen LogP contribution in [0, 0.1) is 0 Å². The zero-order chi connectivity index (χ0) is 13.0. The minimum atomic E-state index is -1.11. The average Bonchev–Trinajstić information content (AvgIpc) is 2.41. The molecule has 0 aliphatic carbocycles. The van der Waals surface area contributed by atoms with Crippen molar-refractivity contribution < 1.29 is 4.74 Å². The molecule has 0 bridgehead atoms. The lowest BCUT2D eigenvalue weighted by atomic mass is 10.00. The van der Waals surface area contributed by atoms with Crippen molar-refractivity contribution in [2.45, 2.75) is 10.4 Å². The van der Waals surface area contributed by atoms with Crippen molar-refractivity contribution >= 4 is 23.2 Å². The van der Waals surface area contributed by atoms with Gasteiger partial charge in [-0.1, -0.05) is 83.9 Å². The molecule has 18 heavy (non-hydrogen) atoms. The number of rotatable bonds is 4. The summed E-state index contributed by atoms with van der Waals surface area (Å²) in [4.78, 5) is 0. The minimum absolute atomic E-state index is 0.413. The van der Waals surface area contributed by atoms with Crippen LogP contribution >= 0.6 is 23.2 Å². The highest BCUT2D eigenvalue weighted by atomic mass is 35.5. The van der Waals surface area contributed by atoms with Gasteiger partial charge in [0.15, 0.2) is 4.33 Å². The Morgan fingerprint density at radius 2 is 1.39 bits per heavy atom. The number of halogens is 2. The number of ether oxygens (including phenoxy) is 1. The van der Waals surface area contributed by atoms with Gasteiger partial charge < -0.3 is 4.74 Å². The lowest BCUT2D eigenvalue weighted by molar-refractivity contribution is 0.0879. The molecule has 2 rings (SSSR count). The van der Waals surface area contributed by atoms with Gasteiger partial charge in [-0.25, -0.2) is 0 Å². The predicted octanol–water partition coefficient (Wildman–Crippen LogP) is 4.70. The molecule has 0 aliphatic rings. The Morgan fingerprint density at radius 1 is 0.889 bits per heavy atom. The molecule has 0 fully saturated rings. The summed E-state index contributed by atoms with van der Waals surface area (Å²) < 4.78 is 4.38. The van der Waals surface area contributed by atoms with Crippen LogP contribution in [0.5, 0.6) is 0 Å². The standard InChI is InChI=1S/C15H14Cl2O/c1-18-14(12-8-4-2-5-9-12)15(16,17)13-10-6-3-7-11-13/h2-11,14H,1H3. The van der Waals surface area contributed by atoms with Crippen LogP contribution in [-0.2, 0) is 9.07 Å². The van der Waals surface area contributed by atoms with Gasteiger partial charge in [0, 0.05) is 7.11 Å². The third-order valence-electron chi connectivity index (χ3n) is 2.83. The number of hydrogen-bond acceptors (Lipinski definition) is 1. The predicted molar refractivity (Wildman–Crippen MR) is 76.0 cm³/mol.